The van der Waals surface area contributed by atoms with Gasteiger partial charge in [0.05, 0.1) is 14.2 Å². The molecule has 0 aliphatic heterocycles. The van der Waals surface area contributed by atoms with E-state index in [1.807, 2.05) is 0 Å². The molecule has 0 heterocycles. The molecule has 1 rings (SSSR count). The van der Waals surface area contributed by atoms with Crippen LogP contribution >= 0.6 is 11.6 Å². The first-order chi connectivity index (χ1) is 7.15. The van der Waals surface area contributed by atoms with Crippen molar-refractivity contribution in [3.05, 3.63) is 22.5 Å². The van der Waals surface area contributed by atoms with Crippen molar-refractivity contribution < 1.29 is 19.0 Å². The molecular weight excluding hydrogens is 223 g/mol. The van der Waals surface area contributed by atoms with Gasteiger partial charge in [-0.2, -0.15) is 0 Å². The molecular formula is C10H12ClFO3. The van der Waals surface area contributed by atoms with Crippen molar-refractivity contribution in [2.24, 2.45) is 0 Å². The molecule has 0 saturated heterocycles. The largest absolute Gasteiger partial charge is 0.493 e. The number of benzene rings is 1. The normalized spacial score (nSPS) is 10.2. The van der Waals surface area contributed by atoms with Gasteiger partial charge in [0.25, 0.3) is 0 Å². The molecule has 3 nitrogen and oxygen atoms in total. The van der Waals surface area contributed by atoms with Crippen LogP contribution in [-0.4, -0.2) is 25.9 Å². The van der Waals surface area contributed by atoms with Crippen LogP contribution in [0, 0.1) is 5.82 Å². The number of halogens is 2. The SMILES string of the molecule is COc1cc(CCO)c(F)c(Cl)c1OC. The molecule has 0 unspecified atom stereocenters. The maximum Gasteiger partial charge on any atom is 0.182 e. The highest BCUT2D eigenvalue weighted by atomic mass is 35.5. The lowest BCUT2D eigenvalue weighted by atomic mass is 10.1. The Morgan fingerprint density at radius 2 is 2.07 bits per heavy atom. The number of methoxy groups -OCH3 is 2. The summed E-state index contributed by atoms with van der Waals surface area (Å²) in [6.07, 6.45) is 0.186. The minimum Gasteiger partial charge on any atom is -0.493 e. The Bertz CT molecular complexity index is 355. The lowest BCUT2D eigenvalue weighted by Gasteiger charge is -2.12. The van der Waals surface area contributed by atoms with Crippen LogP contribution in [-0.2, 0) is 6.42 Å². The highest BCUT2D eigenvalue weighted by Crippen LogP contribution is 2.38. The van der Waals surface area contributed by atoms with Gasteiger partial charge >= 0.3 is 0 Å². The third-order valence-electron chi connectivity index (χ3n) is 2.01. The molecule has 0 aromatic heterocycles. The molecule has 84 valence electrons. The first-order valence-corrected chi connectivity index (χ1v) is 4.73. The second-order valence-electron chi connectivity index (χ2n) is 2.87. The summed E-state index contributed by atoms with van der Waals surface area (Å²) in [5.41, 5.74) is 0.306. The van der Waals surface area contributed by atoms with Crippen molar-refractivity contribution in [2.75, 3.05) is 20.8 Å². The Morgan fingerprint density at radius 1 is 1.40 bits per heavy atom. The smallest absolute Gasteiger partial charge is 0.182 e. The number of ether oxygens (including phenoxy) is 2. The summed E-state index contributed by atoms with van der Waals surface area (Å²) in [6.45, 7) is -0.150. The van der Waals surface area contributed by atoms with Crippen LogP contribution in [0.3, 0.4) is 0 Å². The molecule has 0 radical (unpaired) electrons. The Kier molecular flexibility index (Phi) is 4.17. The number of hydrogen-bond donors (Lipinski definition) is 1. The first kappa shape index (κ1) is 12.1. The molecule has 0 atom stereocenters. The van der Waals surface area contributed by atoms with Gasteiger partial charge in [-0.1, -0.05) is 11.6 Å². The average Bonchev–Trinajstić information content (AvgIpc) is 2.24. The van der Waals surface area contributed by atoms with Crippen LogP contribution in [0.25, 0.3) is 0 Å². The molecule has 1 aromatic rings. The molecule has 0 aliphatic carbocycles. The lowest BCUT2D eigenvalue weighted by molar-refractivity contribution is 0.296. The van der Waals surface area contributed by atoms with Crippen molar-refractivity contribution in [1.29, 1.82) is 0 Å². The number of aliphatic hydroxyl groups is 1. The number of rotatable bonds is 4. The molecule has 1 aromatic carbocycles. The summed E-state index contributed by atoms with van der Waals surface area (Å²) < 4.78 is 23.5. The van der Waals surface area contributed by atoms with Gasteiger partial charge in [-0.15, -0.1) is 0 Å². The fraction of sp³-hybridized carbons (Fsp3) is 0.400. The predicted molar refractivity (Wildman–Crippen MR) is 55.3 cm³/mol. The van der Waals surface area contributed by atoms with Crippen LogP contribution in [0.5, 0.6) is 11.5 Å². The Labute approximate surface area is 92.4 Å². The van der Waals surface area contributed by atoms with Gasteiger partial charge in [0, 0.05) is 6.61 Å². The standard InChI is InChI=1S/C10H12ClFO3/c1-14-7-5-6(3-4-13)9(12)8(11)10(7)15-2/h5,13H,3-4H2,1-2H3. The molecule has 15 heavy (non-hydrogen) atoms. The van der Waals surface area contributed by atoms with E-state index >= 15 is 0 Å². The number of hydrogen-bond acceptors (Lipinski definition) is 3. The van der Waals surface area contributed by atoms with Gasteiger partial charge in [0.2, 0.25) is 0 Å². The van der Waals surface area contributed by atoms with Crippen LogP contribution in [0.1, 0.15) is 5.56 Å². The topological polar surface area (TPSA) is 38.7 Å². The van der Waals surface area contributed by atoms with E-state index in [0.29, 0.717) is 11.3 Å². The Morgan fingerprint density at radius 3 is 2.53 bits per heavy atom. The van der Waals surface area contributed by atoms with E-state index < -0.39 is 5.82 Å². The van der Waals surface area contributed by atoms with Gasteiger partial charge in [-0.3, -0.25) is 0 Å². The summed E-state index contributed by atoms with van der Waals surface area (Å²) in [5.74, 6) is -0.0610. The molecule has 0 amide bonds. The van der Waals surface area contributed by atoms with E-state index in [0.717, 1.165) is 0 Å². The summed E-state index contributed by atoms with van der Waals surface area (Å²) in [6, 6.07) is 1.47. The van der Waals surface area contributed by atoms with Crippen molar-refractivity contribution in [3.8, 4) is 11.5 Å². The third kappa shape index (κ3) is 2.33. The Hall–Kier alpha value is -1.00. The fourth-order valence-electron chi connectivity index (χ4n) is 1.28. The third-order valence-corrected chi connectivity index (χ3v) is 2.35. The van der Waals surface area contributed by atoms with Gasteiger partial charge in [0.15, 0.2) is 11.5 Å². The average molecular weight is 235 g/mol. The summed E-state index contributed by atoms with van der Waals surface area (Å²) in [4.78, 5) is 0. The van der Waals surface area contributed by atoms with Crippen LogP contribution in [0.15, 0.2) is 6.07 Å². The summed E-state index contributed by atoms with van der Waals surface area (Å²) >= 11 is 5.76. The molecule has 0 spiro atoms. The van der Waals surface area contributed by atoms with E-state index in [1.165, 1.54) is 20.3 Å². The molecule has 0 fully saturated rings. The van der Waals surface area contributed by atoms with Gasteiger partial charge in [-0.25, -0.2) is 4.39 Å². The van der Waals surface area contributed by atoms with E-state index in [1.54, 1.807) is 0 Å². The first-order valence-electron chi connectivity index (χ1n) is 4.35. The second kappa shape index (κ2) is 5.19. The van der Waals surface area contributed by atoms with Gasteiger partial charge < -0.3 is 14.6 Å². The predicted octanol–water partition coefficient (Wildman–Crippen LogP) is 2.03. The van der Waals surface area contributed by atoms with Crippen molar-refractivity contribution in [1.82, 2.24) is 0 Å². The minimum atomic E-state index is -0.580. The highest BCUT2D eigenvalue weighted by molar-refractivity contribution is 6.32. The van der Waals surface area contributed by atoms with Gasteiger partial charge in [-0.05, 0) is 18.1 Å². The van der Waals surface area contributed by atoms with Crippen LogP contribution in [0.2, 0.25) is 5.02 Å². The van der Waals surface area contributed by atoms with E-state index in [4.69, 9.17) is 26.2 Å². The minimum absolute atomic E-state index is 0.125. The maximum atomic E-state index is 13.6. The highest BCUT2D eigenvalue weighted by Gasteiger charge is 2.17. The molecule has 0 saturated carbocycles. The molecule has 0 aliphatic rings. The van der Waals surface area contributed by atoms with Gasteiger partial charge in [0.1, 0.15) is 10.8 Å². The summed E-state index contributed by atoms with van der Waals surface area (Å²) in [5, 5.41) is 8.62. The summed E-state index contributed by atoms with van der Waals surface area (Å²) in [7, 11) is 2.82. The zero-order chi connectivity index (χ0) is 11.4. The van der Waals surface area contributed by atoms with Crippen molar-refractivity contribution in [2.45, 2.75) is 6.42 Å². The fourth-order valence-corrected chi connectivity index (χ4v) is 1.57. The second-order valence-corrected chi connectivity index (χ2v) is 3.25. The maximum absolute atomic E-state index is 13.6. The lowest BCUT2D eigenvalue weighted by Crippen LogP contribution is -2.00. The number of aliphatic hydroxyl groups excluding tert-OH is 1. The van der Waals surface area contributed by atoms with E-state index in [-0.39, 0.29) is 23.8 Å². The zero-order valence-electron chi connectivity index (χ0n) is 8.51. The Balaban J connectivity index is 3.29. The zero-order valence-corrected chi connectivity index (χ0v) is 9.27. The van der Waals surface area contributed by atoms with E-state index in [2.05, 4.69) is 0 Å². The van der Waals surface area contributed by atoms with Crippen molar-refractivity contribution in [3.63, 3.8) is 0 Å². The molecule has 1 N–H and O–H groups in total. The monoisotopic (exact) mass is 234 g/mol. The van der Waals surface area contributed by atoms with Crippen molar-refractivity contribution >= 4 is 11.6 Å². The quantitative estimate of drug-likeness (QED) is 0.867. The van der Waals surface area contributed by atoms with E-state index in [9.17, 15) is 4.39 Å². The molecule has 5 heteroatoms. The van der Waals surface area contributed by atoms with Crippen LogP contribution in [0.4, 0.5) is 4.39 Å². The van der Waals surface area contributed by atoms with Crippen LogP contribution < -0.4 is 9.47 Å². The molecule has 0 bridgehead atoms.